The molecule has 0 bridgehead atoms. The van der Waals surface area contributed by atoms with E-state index in [0.717, 1.165) is 22.5 Å². The minimum absolute atomic E-state index is 0.0294. The van der Waals surface area contributed by atoms with E-state index in [1.807, 2.05) is 48.5 Å². The van der Waals surface area contributed by atoms with Crippen LogP contribution in [-0.4, -0.2) is 6.03 Å². The van der Waals surface area contributed by atoms with Gasteiger partial charge >= 0.3 is 6.03 Å². The molecule has 0 saturated carbocycles. The Labute approximate surface area is 110 Å². The van der Waals surface area contributed by atoms with Crippen LogP contribution in [0.15, 0.2) is 48.5 Å². The highest BCUT2D eigenvalue weighted by Crippen LogP contribution is 2.58. The molecule has 2 aromatic carbocycles. The average molecular weight is 252 g/mol. The van der Waals surface area contributed by atoms with Crippen molar-refractivity contribution in [2.45, 2.75) is 12.2 Å². The molecule has 4 nitrogen and oxygen atoms in total. The third-order valence-corrected chi connectivity index (χ3v) is 3.68. The first kappa shape index (κ1) is 10.6. The van der Waals surface area contributed by atoms with Crippen molar-refractivity contribution in [1.29, 1.82) is 0 Å². The zero-order chi connectivity index (χ0) is 13.0. The Morgan fingerprint density at radius 3 is 1.89 bits per heavy atom. The van der Waals surface area contributed by atoms with Gasteiger partial charge in [0.1, 0.15) is 12.2 Å². The van der Waals surface area contributed by atoms with E-state index in [2.05, 4.69) is 0 Å². The summed E-state index contributed by atoms with van der Waals surface area (Å²) in [6.07, 6.45) is 0.0587. The standard InChI is InChI=1S/C15H12N2O2/c16-15(18)17-11-7-3-1-5-9(11)13-14(19-13)10-6-2-4-8-12(10)17/h1-8,13-14H,(H2,16,18)/t13-,14-/m0/s1. The zero-order valence-electron chi connectivity index (χ0n) is 10.1. The summed E-state index contributed by atoms with van der Waals surface area (Å²) < 4.78 is 5.76. The van der Waals surface area contributed by atoms with E-state index < -0.39 is 6.03 Å². The number of fused-ring (bicyclic) bond motifs is 5. The van der Waals surface area contributed by atoms with Gasteiger partial charge in [0, 0.05) is 11.1 Å². The summed E-state index contributed by atoms with van der Waals surface area (Å²) in [5.41, 5.74) is 9.23. The molecule has 2 aromatic rings. The van der Waals surface area contributed by atoms with Gasteiger partial charge in [0.15, 0.2) is 0 Å². The lowest BCUT2D eigenvalue weighted by molar-refractivity contribution is 0.256. The minimum atomic E-state index is -0.471. The zero-order valence-corrected chi connectivity index (χ0v) is 10.1. The Bertz CT molecular complexity index is 632. The fourth-order valence-electron chi connectivity index (χ4n) is 2.82. The Kier molecular flexibility index (Phi) is 2.00. The normalized spacial score (nSPS) is 22.8. The predicted molar refractivity (Wildman–Crippen MR) is 71.2 cm³/mol. The van der Waals surface area contributed by atoms with Crippen molar-refractivity contribution < 1.29 is 9.53 Å². The molecular formula is C15H12N2O2. The highest BCUT2D eigenvalue weighted by atomic mass is 16.6. The summed E-state index contributed by atoms with van der Waals surface area (Å²) in [6.45, 7) is 0. The molecule has 0 aliphatic carbocycles. The number of carbonyl (C=O) groups excluding carboxylic acids is 1. The minimum Gasteiger partial charge on any atom is -0.359 e. The first-order chi connectivity index (χ1) is 9.27. The molecule has 2 aliphatic heterocycles. The van der Waals surface area contributed by atoms with Gasteiger partial charge in [-0.2, -0.15) is 0 Å². The molecule has 2 aliphatic rings. The van der Waals surface area contributed by atoms with E-state index in [1.54, 1.807) is 4.90 Å². The summed E-state index contributed by atoms with van der Waals surface area (Å²) in [5.74, 6) is 0. The molecule has 0 aromatic heterocycles. The molecule has 2 heterocycles. The van der Waals surface area contributed by atoms with Gasteiger partial charge in [0.2, 0.25) is 0 Å². The maximum absolute atomic E-state index is 11.9. The van der Waals surface area contributed by atoms with Crippen LogP contribution in [0.3, 0.4) is 0 Å². The lowest BCUT2D eigenvalue weighted by atomic mass is 10.0. The van der Waals surface area contributed by atoms with E-state index in [0.29, 0.717) is 0 Å². The smallest absolute Gasteiger partial charge is 0.323 e. The molecule has 4 rings (SSSR count). The van der Waals surface area contributed by atoms with Crippen LogP contribution in [-0.2, 0) is 4.74 Å². The number of hydrogen-bond donors (Lipinski definition) is 1. The quantitative estimate of drug-likeness (QED) is 0.732. The van der Waals surface area contributed by atoms with Gasteiger partial charge in [-0.25, -0.2) is 4.79 Å². The van der Waals surface area contributed by atoms with Crippen LogP contribution in [0.25, 0.3) is 0 Å². The molecule has 2 amide bonds. The number of amides is 2. The van der Waals surface area contributed by atoms with Crippen molar-refractivity contribution in [3.05, 3.63) is 59.7 Å². The largest absolute Gasteiger partial charge is 0.359 e. The number of epoxide rings is 1. The fourth-order valence-corrected chi connectivity index (χ4v) is 2.82. The molecule has 0 spiro atoms. The van der Waals surface area contributed by atoms with Crippen LogP contribution in [0, 0.1) is 0 Å². The molecule has 2 N–H and O–H groups in total. The van der Waals surface area contributed by atoms with Crippen molar-refractivity contribution in [3.8, 4) is 0 Å². The highest BCUT2D eigenvalue weighted by Gasteiger charge is 2.47. The third-order valence-electron chi connectivity index (χ3n) is 3.68. The molecule has 19 heavy (non-hydrogen) atoms. The lowest BCUT2D eigenvalue weighted by Gasteiger charge is -2.23. The molecule has 4 heteroatoms. The van der Waals surface area contributed by atoms with E-state index >= 15 is 0 Å². The number of ether oxygens (including phenoxy) is 1. The SMILES string of the molecule is NC(=O)N1c2ccccc2[C@@H]2O[C@H]2c2ccccc21. The molecule has 0 radical (unpaired) electrons. The average Bonchev–Trinajstić information content (AvgIpc) is 3.19. The van der Waals surface area contributed by atoms with Gasteiger partial charge in [-0.05, 0) is 12.1 Å². The Balaban J connectivity index is 2.02. The van der Waals surface area contributed by atoms with Gasteiger partial charge < -0.3 is 10.5 Å². The molecule has 2 atom stereocenters. The monoisotopic (exact) mass is 252 g/mol. The highest BCUT2D eigenvalue weighted by molar-refractivity contribution is 6.00. The number of hydrogen-bond acceptors (Lipinski definition) is 2. The van der Waals surface area contributed by atoms with Crippen molar-refractivity contribution in [2.24, 2.45) is 5.73 Å². The fraction of sp³-hybridized carbons (Fsp3) is 0.133. The van der Waals surface area contributed by atoms with Crippen molar-refractivity contribution in [3.63, 3.8) is 0 Å². The van der Waals surface area contributed by atoms with Crippen LogP contribution < -0.4 is 10.6 Å². The maximum Gasteiger partial charge on any atom is 0.323 e. The van der Waals surface area contributed by atoms with E-state index in [1.165, 1.54) is 0 Å². The number of primary amides is 1. The number of anilines is 2. The Hall–Kier alpha value is -2.33. The third kappa shape index (κ3) is 1.40. The number of nitrogens with zero attached hydrogens (tertiary/aromatic N) is 1. The van der Waals surface area contributed by atoms with Gasteiger partial charge in [-0.1, -0.05) is 36.4 Å². The first-order valence-electron chi connectivity index (χ1n) is 6.20. The summed E-state index contributed by atoms with van der Waals surface area (Å²) in [6, 6.07) is 15.0. The van der Waals surface area contributed by atoms with Gasteiger partial charge in [0.25, 0.3) is 0 Å². The van der Waals surface area contributed by atoms with Crippen LogP contribution in [0.4, 0.5) is 16.2 Å². The molecule has 0 unspecified atom stereocenters. The predicted octanol–water partition coefficient (Wildman–Crippen LogP) is 3.03. The first-order valence-corrected chi connectivity index (χ1v) is 6.20. The Morgan fingerprint density at radius 2 is 1.42 bits per heavy atom. The second kappa shape index (κ2) is 3.59. The molecular weight excluding hydrogens is 240 g/mol. The molecule has 1 fully saturated rings. The van der Waals surface area contributed by atoms with Gasteiger partial charge in [0.05, 0.1) is 11.4 Å². The van der Waals surface area contributed by atoms with E-state index in [-0.39, 0.29) is 12.2 Å². The van der Waals surface area contributed by atoms with Crippen molar-refractivity contribution in [1.82, 2.24) is 0 Å². The van der Waals surface area contributed by atoms with Crippen LogP contribution in [0.5, 0.6) is 0 Å². The Morgan fingerprint density at radius 1 is 0.947 bits per heavy atom. The number of nitrogens with two attached hydrogens (primary N) is 1. The van der Waals surface area contributed by atoms with Crippen molar-refractivity contribution >= 4 is 17.4 Å². The van der Waals surface area contributed by atoms with Gasteiger partial charge in [-0.15, -0.1) is 0 Å². The molecule has 94 valence electrons. The maximum atomic E-state index is 11.9. The van der Waals surface area contributed by atoms with Crippen LogP contribution in [0.1, 0.15) is 23.3 Å². The number of carbonyl (C=O) groups is 1. The van der Waals surface area contributed by atoms with Crippen LogP contribution >= 0.6 is 0 Å². The summed E-state index contributed by atoms with van der Waals surface area (Å²) in [7, 11) is 0. The summed E-state index contributed by atoms with van der Waals surface area (Å²) in [5, 5.41) is 0. The van der Waals surface area contributed by atoms with Crippen molar-refractivity contribution in [2.75, 3.05) is 4.90 Å². The number of para-hydroxylation sites is 2. The number of rotatable bonds is 0. The second-order valence-corrected chi connectivity index (χ2v) is 4.77. The van der Waals surface area contributed by atoms with E-state index in [9.17, 15) is 4.79 Å². The molecule has 1 saturated heterocycles. The topological polar surface area (TPSA) is 58.9 Å². The number of urea groups is 1. The summed E-state index contributed by atoms with van der Waals surface area (Å²) >= 11 is 0. The van der Waals surface area contributed by atoms with E-state index in [4.69, 9.17) is 10.5 Å². The van der Waals surface area contributed by atoms with Gasteiger partial charge in [-0.3, -0.25) is 4.90 Å². The van der Waals surface area contributed by atoms with Crippen LogP contribution in [0.2, 0.25) is 0 Å². The second-order valence-electron chi connectivity index (χ2n) is 4.77. The number of benzene rings is 2. The summed E-state index contributed by atoms with van der Waals surface area (Å²) in [4.78, 5) is 13.4. The lowest BCUT2D eigenvalue weighted by Crippen LogP contribution is -2.32.